The first-order valence-corrected chi connectivity index (χ1v) is 3.82. The fraction of sp³-hybridized carbons (Fsp3) is 0.444. The largest absolute Gasteiger partial charge is 0.494 e. The van der Waals surface area contributed by atoms with E-state index in [2.05, 4.69) is 0 Å². The number of carbonyl (C=O) groups excluding carboxylic acids is 1. The van der Waals surface area contributed by atoms with Crippen LogP contribution in [-0.2, 0) is 19.0 Å². The second kappa shape index (κ2) is 4.09. The number of rotatable bonds is 3. The summed E-state index contributed by atoms with van der Waals surface area (Å²) in [6.07, 6.45) is 2.71. The number of ether oxygens (including phenoxy) is 3. The van der Waals surface area contributed by atoms with E-state index in [1.54, 1.807) is 6.08 Å². The second-order valence-corrected chi connectivity index (χ2v) is 2.48. The predicted octanol–water partition coefficient (Wildman–Crippen LogP) is 0.645. The summed E-state index contributed by atoms with van der Waals surface area (Å²) in [6.45, 7) is 0. The lowest BCUT2D eigenvalue weighted by molar-refractivity contribution is -0.115. The minimum Gasteiger partial charge on any atom is -0.494 e. The Morgan fingerprint density at radius 1 is 1.23 bits per heavy atom. The molecule has 0 fully saturated rings. The van der Waals surface area contributed by atoms with Crippen LogP contribution in [0.3, 0.4) is 0 Å². The molecule has 0 saturated carbocycles. The van der Waals surface area contributed by atoms with E-state index < -0.39 is 0 Å². The maximum Gasteiger partial charge on any atom is 0.223 e. The van der Waals surface area contributed by atoms with Crippen LogP contribution in [0.5, 0.6) is 0 Å². The summed E-state index contributed by atoms with van der Waals surface area (Å²) < 4.78 is 15.0. The number of hydrogen-bond donors (Lipinski definition) is 0. The van der Waals surface area contributed by atoms with E-state index in [-0.39, 0.29) is 17.6 Å². The topological polar surface area (TPSA) is 44.8 Å². The van der Waals surface area contributed by atoms with Gasteiger partial charge in [-0.2, -0.15) is 0 Å². The normalized spacial score (nSPS) is 22.1. The standard InChI is InChI=1S/C9H12O4/c1-11-7-5-4-6(10)8(12-2)9(7)13-3/h4-5,7H,1-3H3. The van der Waals surface area contributed by atoms with Crippen molar-refractivity contribution in [3.05, 3.63) is 23.7 Å². The first-order valence-electron chi connectivity index (χ1n) is 3.82. The van der Waals surface area contributed by atoms with Crippen LogP contribution in [0.25, 0.3) is 0 Å². The van der Waals surface area contributed by atoms with Gasteiger partial charge in [0.15, 0.2) is 5.76 Å². The van der Waals surface area contributed by atoms with E-state index in [4.69, 9.17) is 14.2 Å². The van der Waals surface area contributed by atoms with Gasteiger partial charge in [0, 0.05) is 7.11 Å². The molecule has 0 aliphatic heterocycles. The maximum absolute atomic E-state index is 11.3. The Morgan fingerprint density at radius 2 is 1.92 bits per heavy atom. The van der Waals surface area contributed by atoms with Crippen LogP contribution in [0.2, 0.25) is 0 Å². The molecule has 72 valence electrons. The van der Waals surface area contributed by atoms with Crippen LogP contribution in [-0.4, -0.2) is 33.2 Å². The van der Waals surface area contributed by atoms with Gasteiger partial charge in [0.2, 0.25) is 11.5 Å². The van der Waals surface area contributed by atoms with Gasteiger partial charge in [-0.3, -0.25) is 4.79 Å². The molecular weight excluding hydrogens is 172 g/mol. The Labute approximate surface area is 76.8 Å². The Bertz CT molecular complexity index is 265. The fourth-order valence-corrected chi connectivity index (χ4v) is 1.18. The van der Waals surface area contributed by atoms with Gasteiger partial charge in [0.1, 0.15) is 6.10 Å². The molecule has 0 aromatic heterocycles. The molecule has 0 bridgehead atoms. The molecule has 0 amide bonds. The van der Waals surface area contributed by atoms with Crippen LogP contribution in [0, 0.1) is 0 Å². The van der Waals surface area contributed by atoms with Crippen molar-refractivity contribution in [1.29, 1.82) is 0 Å². The number of methoxy groups -OCH3 is 3. The highest BCUT2D eigenvalue weighted by Gasteiger charge is 2.26. The molecule has 0 N–H and O–H groups in total. The lowest BCUT2D eigenvalue weighted by Crippen LogP contribution is -2.22. The quantitative estimate of drug-likeness (QED) is 0.645. The van der Waals surface area contributed by atoms with Gasteiger partial charge in [-0.25, -0.2) is 0 Å². The van der Waals surface area contributed by atoms with Crippen molar-refractivity contribution in [3.63, 3.8) is 0 Å². The summed E-state index contributed by atoms with van der Waals surface area (Å²) in [5, 5.41) is 0. The van der Waals surface area contributed by atoms with Gasteiger partial charge in [-0.1, -0.05) is 0 Å². The number of ketones is 1. The molecule has 13 heavy (non-hydrogen) atoms. The third-order valence-corrected chi connectivity index (χ3v) is 1.81. The van der Waals surface area contributed by atoms with Crippen molar-refractivity contribution in [2.24, 2.45) is 0 Å². The van der Waals surface area contributed by atoms with Crippen LogP contribution in [0.4, 0.5) is 0 Å². The average molecular weight is 184 g/mol. The van der Waals surface area contributed by atoms with E-state index in [1.807, 2.05) is 0 Å². The maximum atomic E-state index is 11.3. The van der Waals surface area contributed by atoms with Crippen LogP contribution in [0.15, 0.2) is 23.7 Å². The van der Waals surface area contributed by atoms with Crippen molar-refractivity contribution in [2.75, 3.05) is 21.3 Å². The zero-order valence-electron chi connectivity index (χ0n) is 7.87. The zero-order valence-corrected chi connectivity index (χ0v) is 7.87. The van der Waals surface area contributed by atoms with E-state index >= 15 is 0 Å². The third kappa shape index (κ3) is 1.72. The molecule has 1 unspecified atom stereocenters. The summed E-state index contributed by atoms with van der Waals surface area (Å²) >= 11 is 0. The van der Waals surface area contributed by atoms with Gasteiger partial charge in [-0.15, -0.1) is 0 Å². The highest BCUT2D eigenvalue weighted by atomic mass is 16.5. The van der Waals surface area contributed by atoms with Crippen LogP contribution >= 0.6 is 0 Å². The monoisotopic (exact) mass is 184 g/mol. The third-order valence-electron chi connectivity index (χ3n) is 1.81. The summed E-state index contributed by atoms with van der Waals surface area (Å²) in [4.78, 5) is 11.3. The molecule has 1 rings (SSSR count). The highest BCUT2D eigenvalue weighted by molar-refractivity contribution is 6.04. The van der Waals surface area contributed by atoms with Crippen molar-refractivity contribution in [1.82, 2.24) is 0 Å². The molecule has 4 nitrogen and oxygen atoms in total. The van der Waals surface area contributed by atoms with Crippen LogP contribution < -0.4 is 0 Å². The van der Waals surface area contributed by atoms with Crippen LogP contribution in [0.1, 0.15) is 0 Å². The van der Waals surface area contributed by atoms with E-state index in [9.17, 15) is 4.79 Å². The summed E-state index contributed by atoms with van der Waals surface area (Å²) in [6, 6.07) is 0. The van der Waals surface area contributed by atoms with E-state index in [1.165, 1.54) is 27.4 Å². The molecule has 1 aliphatic rings. The van der Waals surface area contributed by atoms with E-state index in [0.717, 1.165) is 0 Å². The molecular formula is C9H12O4. The first kappa shape index (κ1) is 9.80. The Hall–Kier alpha value is -1.29. The van der Waals surface area contributed by atoms with Gasteiger partial charge in [-0.05, 0) is 12.2 Å². The van der Waals surface area contributed by atoms with Gasteiger partial charge < -0.3 is 14.2 Å². The minimum absolute atomic E-state index is 0.201. The van der Waals surface area contributed by atoms with Gasteiger partial charge in [0.05, 0.1) is 14.2 Å². The number of allylic oxidation sites excluding steroid dienone is 1. The summed E-state index contributed by atoms with van der Waals surface area (Å²) in [5.41, 5.74) is 0. The van der Waals surface area contributed by atoms with Crippen molar-refractivity contribution < 1.29 is 19.0 Å². The molecule has 0 aromatic rings. The van der Waals surface area contributed by atoms with Crippen molar-refractivity contribution >= 4 is 5.78 Å². The molecule has 4 heteroatoms. The Kier molecular flexibility index (Phi) is 3.08. The van der Waals surface area contributed by atoms with E-state index in [0.29, 0.717) is 5.76 Å². The summed E-state index contributed by atoms with van der Waals surface area (Å²) in [7, 11) is 4.45. The Balaban J connectivity index is 3.02. The van der Waals surface area contributed by atoms with Gasteiger partial charge in [0.25, 0.3) is 0 Å². The number of hydrogen-bond acceptors (Lipinski definition) is 4. The predicted molar refractivity (Wildman–Crippen MR) is 46.0 cm³/mol. The molecule has 0 radical (unpaired) electrons. The first-order chi connectivity index (χ1) is 6.24. The lowest BCUT2D eigenvalue weighted by atomic mass is 10.1. The van der Waals surface area contributed by atoms with Gasteiger partial charge >= 0.3 is 0 Å². The molecule has 0 aromatic carbocycles. The van der Waals surface area contributed by atoms with Crippen molar-refractivity contribution in [2.45, 2.75) is 6.10 Å². The SMILES string of the molecule is COC1=C(OC)C(OC)C=CC1=O. The number of carbonyl (C=O) groups is 1. The fourth-order valence-electron chi connectivity index (χ4n) is 1.18. The molecule has 1 aliphatic carbocycles. The highest BCUT2D eigenvalue weighted by Crippen LogP contribution is 2.20. The molecule has 1 atom stereocenters. The lowest BCUT2D eigenvalue weighted by Gasteiger charge is -2.20. The zero-order chi connectivity index (χ0) is 9.84. The average Bonchev–Trinajstić information content (AvgIpc) is 2.17. The molecule has 0 spiro atoms. The Morgan fingerprint density at radius 3 is 2.38 bits per heavy atom. The summed E-state index contributed by atoms with van der Waals surface area (Å²) in [5.74, 6) is 0.419. The minimum atomic E-state index is -0.336. The molecule has 0 heterocycles. The second-order valence-electron chi connectivity index (χ2n) is 2.48. The van der Waals surface area contributed by atoms with Crippen molar-refractivity contribution in [3.8, 4) is 0 Å². The smallest absolute Gasteiger partial charge is 0.223 e. The molecule has 0 saturated heterocycles.